The van der Waals surface area contributed by atoms with E-state index < -0.39 is 15.8 Å². The van der Waals surface area contributed by atoms with Crippen LogP contribution in [0.1, 0.15) is 25.0 Å². The van der Waals surface area contributed by atoms with E-state index in [9.17, 15) is 12.8 Å². The van der Waals surface area contributed by atoms with Crippen molar-refractivity contribution in [3.63, 3.8) is 0 Å². The molecular formula is C14H21ClFNO3S. The number of rotatable bonds is 7. The molecule has 0 aliphatic carbocycles. The van der Waals surface area contributed by atoms with Gasteiger partial charge in [0.15, 0.2) is 0 Å². The van der Waals surface area contributed by atoms with Gasteiger partial charge in [-0.1, -0.05) is 0 Å². The number of hydrogen-bond acceptors (Lipinski definition) is 3. The van der Waals surface area contributed by atoms with Crippen LogP contribution < -0.4 is 0 Å². The molecule has 0 saturated carbocycles. The van der Waals surface area contributed by atoms with Crippen molar-refractivity contribution in [1.29, 1.82) is 0 Å². The minimum atomic E-state index is -3.72. The van der Waals surface area contributed by atoms with Crippen LogP contribution in [0.5, 0.6) is 0 Å². The fraction of sp³-hybridized carbons (Fsp3) is 0.571. The predicted octanol–water partition coefficient (Wildman–Crippen LogP) is 2.92. The third kappa shape index (κ3) is 4.16. The Bertz CT molecular complexity index is 590. The molecule has 0 atom stereocenters. The first kappa shape index (κ1) is 18.4. The average Bonchev–Trinajstić information content (AvgIpc) is 2.41. The summed E-state index contributed by atoms with van der Waals surface area (Å²) in [6.07, 6.45) is 0. The predicted molar refractivity (Wildman–Crippen MR) is 81.6 cm³/mol. The Labute approximate surface area is 130 Å². The van der Waals surface area contributed by atoms with E-state index in [1.54, 1.807) is 13.8 Å². The van der Waals surface area contributed by atoms with E-state index in [1.807, 2.05) is 0 Å². The van der Waals surface area contributed by atoms with Crippen LogP contribution in [0.4, 0.5) is 4.39 Å². The highest BCUT2D eigenvalue weighted by atomic mass is 35.5. The quantitative estimate of drug-likeness (QED) is 0.719. The topological polar surface area (TPSA) is 46.6 Å². The Kier molecular flexibility index (Phi) is 6.59. The zero-order chi connectivity index (χ0) is 16.2. The molecule has 0 aliphatic heterocycles. The first-order valence-electron chi connectivity index (χ1n) is 6.61. The normalized spacial score (nSPS) is 12.4. The molecule has 7 heteroatoms. The number of sulfonamides is 1. The largest absolute Gasteiger partial charge is 0.383 e. The number of halogens is 2. The number of aryl methyl sites for hydroxylation is 1. The van der Waals surface area contributed by atoms with Gasteiger partial charge in [0.25, 0.3) is 0 Å². The summed E-state index contributed by atoms with van der Waals surface area (Å²) in [6.45, 7) is 5.63. The van der Waals surface area contributed by atoms with Crippen molar-refractivity contribution in [1.82, 2.24) is 4.31 Å². The molecule has 0 spiro atoms. The first-order chi connectivity index (χ1) is 9.75. The molecule has 4 nitrogen and oxygen atoms in total. The number of ether oxygens (including phenoxy) is 1. The molecule has 1 aromatic carbocycles. The van der Waals surface area contributed by atoms with Crippen molar-refractivity contribution in [3.8, 4) is 0 Å². The van der Waals surface area contributed by atoms with Gasteiger partial charge in [0.05, 0.1) is 17.4 Å². The molecule has 0 unspecified atom stereocenters. The van der Waals surface area contributed by atoms with Crippen molar-refractivity contribution in [2.24, 2.45) is 0 Å². The summed E-state index contributed by atoms with van der Waals surface area (Å²) >= 11 is 5.68. The summed E-state index contributed by atoms with van der Waals surface area (Å²) in [5.74, 6) is -0.535. The molecule has 21 heavy (non-hydrogen) atoms. The van der Waals surface area contributed by atoms with E-state index in [-0.39, 0.29) is 34.5 Å². The Morgan fingerprint density at radius 3 is 2.48 bits per heavy atom. The van der Waals surface area contributed by atoms with Crippen LogP contribution in [0.15, 0.2) is 17.0 Å². The minimum absolute atomic E-state index is 0.0573. The summed E-state index contributed by atoms with van der Waals surface area (Å²) in [4.78, 5) is 0.0573. The molecule has 1 aromatic rings. The first-order valence-corrected chi connectivity index (χ1v) is 8.59. The van der Waals surface area contributed by atoms with Gasteiger partial charge in [-0.05, 0) is 38.5 Å². The van der Waals surface area contributed by atoms with Gasteiger partial charge < -0.3 is 4.74 Å². The molecule has 0 fully saturated rings. The number of benzene rings is 1. The van der Waals surface area contributed by atoms with Crippen molar-refractivity contribution in [2.45, 2.75) is 37.6 Å². The van der Waals surface area contributed by atoms with E-state index in [0.717, 1.165) is 0 Å². The van der Waals surface area contributed by atoms with Gasteiger partial charge in [0, 0.05) is 25.3 Å². The lowest BCUT2D eigenvalue weighted by Gasteiger charge is -2.26. The van der Waals surface area contributed by atoms with Gasteiger partial charge in [-0.25, -0.2) is 12.8 Å². The Morgan fingerprint density at radius 1 is 1.38 bits per heavy atom. The van der Waals surface area contributed by atoms with Gasteiger partial charge in [0.1, 0.15) is 5.82 Å². The minimum Gasteiger partial charge on any atom is -0.383 e. The molecule has 120 valence electrons. The third-order valence-electron chi connectivity index (χ3n) is 3.15. The molecular weight excluding hydrogens is 317 g/mol. The maximum absolute atomic E-state index is 13.8. The van der Waals surface area contributed by atoms with Crippen molar-refractivity contribution in [3.05, 3.63) is 29.1 Å². The summed E-state index contributed by atoms with van der Waals surface area (Å²) in [6, 6.07) is 2.41. The van der Waals surface area contributed by atoms with Crippen molar-refractivity contribution >= 4 is 21.6 Å². The maximum Gasteiger partial charge on any atom is 0.243 e. The second-order valence-corrected chi connectivity index (χ2v) is 7.21. The highest BCUT2D eigenvalue weighted by Gasteiger charge is 2.28. The van der Waals surface area contributed by atoms with Gasteiger partial charge >= 0.3 is 0 Å². The highest BCUT2D eigenvalue weighted by Crippen LogP contribution is 2.24. The standard InChI is InChI=1S/C14H21ClFNO3S/c1-10(2)17(5-6-20-4)21(18,19)13-7-11(3)14(16)12(8-13)9-15/h7-8,10H,5-6,9H2,1-4H3. The van der Waals surface area contributed by atoms with E-state index in [1.165, 1.54) is 30.5 Å². The molecule has 0 amide bonds. The lowest BCUT2D eigenvalue weighted by Crippen LogP contribution is -2.39. The number of methoxy groups -OCH3 is 1. The van der Waals surface area contributed by atoms with E-state index >= 15 is 0 Å². The van der Waals surface area contributed by atoms with Gasteiger partial charge in [0.2, 0.25) is 10.0 Å². The zero-order valence-corrected chi connectivity index (χ0v) is 14.3. The summed E-state index contributed by atoms with van der Waals surface area (Å²) in [5.41, 5.74) is 0.452. The summed E-state index contributed by atoms with van der Waals surface area (Å²) in [5, 5.41) is 0. The number of hydrogen-bond donors (Lipinski definition) is 0. The SMILES string of the molecule is COCCN(C(C)C)S(=O)(=O)c1cc(C)c(F)c(CCl)c1. The number of nitrogens with zero attached hydrogens (tertiary/aromatic N) is 1. The fourth-order valence-corrected chi connectivity index (χ4v) is 3.98. The van der Waals surface area contributed by atoms with Crippen LogP contribution in [0.2, 0.25) is 0 Å². The zero-order valence-electron chi connectivity index (χ0n) is 12.7. The molecule has 0 radical (unpaired) electrons. The molecule has 0 aromatic heterocycles. The Hall–Kier alpha value is -0.690. The monoisotopic (exact) mass is 337 g/mol. The lowest BCUT2D eigenvalue weighted by atomic mass is 10.1. The van der Waals surface area contributed by atoms with E-state index in [2.05, 4.69) is 0 Å². The maximum atomic E-state index is 13.8. The number of alkyl halides is 1. The molecule has 0 saturated heterocycles. The Balaban J connectivity index is 3.31. The van der Waals surface area contributed by atoms with Gasteiger partial charge in [-0.2, -0.15) is 4.31 Å². The summed E-state index contributed by atoms with van der Waals surface area (Å²) < 4.78 is 45.5. The van der Waals surface area contributed by atoms with Gasteiger partial charge in [-0.3, -0.25) is 0 Å². The molecule has 0 heterocycles. The van der Waals surface area contributed by atoms with Crippen LogP contribution in [-0.4, -0.2) is 39.0 Å². The molecule has 0 N–H and O–H groups in total. The second-order valence-electron chi connectivity index (χ2n) is 5.05. The Morgan fingerprint density at radius 2 is 2.00 bits per heavy atom. The van der Waals surface area contributed by atoms with Crippen LogP contribution in [0, 0.1) is 12.7 Å². The summed E-state index contributed by atoms with van der Waals surface area (Å²) in [7, 11) is -2.20. The highest BCUT2D eigenvalue weighted by molar-refractivity contribution is 7.89. The lowest BCUT2D eigenvalue weighted by molar-refractivity contribution is 0.171. The van der Waals surface area contributed by atoms with Crippen molar-refractivity contribution < 1.29 is 17.5 Å². The molecule has 0 bridgehead atoms. The fourth-order valence-electron chi connectivity index (χ4n) is 2.03. The van der Waals surface area contributed by atoms with Crippen molar-refractivity contribution in [2.75, 3.05) is 20.3 Å². The second kappa shape index (κ2) is 7.54. The van der Waals surface area contributed by atoms with E-state index in [0.29, 0.717) is 6.61 Å². The van der Waals surface area contributed by atoms with Crippen LogP contribution in [0.3, 0.4) is 0 Å². The molecule has 0 aliphatic rings. The van der Waals surface area contributed by atoms with Crippen LogP contribution >= 0.6 is 11.6 Å². The van der Waals surface area contributed by atoms with Crippen LogP contribution in [0.25, 0.3) is 0 Å². The third-order valence-corrected chi connectivity index (χ3v) is 5.49. The smallest absolute Gasteiger partial charge is 0.243 e. The van der Waals surface area contributed by atoms with Gasteiger partial charge in [-0.15, -0.1) is 11.6 Å². The molecule has 1 rings (SSSR count). The average molecular weight is 338 g/mol. The van der Waals surface area contributed by atoms with E-state index in [4.69, 9.17) is 16.3 Å². The van der Waals surface area contributed by atoms with Crippen LogP contribution in [-0.2, 0) is 20.6 Å².